The van der Waals surface area contributed by atoms with Crippen LogP contribution >= 0.6 is 11.3 Å². The number of anilines is 1. The van der Waals surface area contributed by atoms with E-state index in [0.29, 0.717) is 11.2 Å². The van der Waals surface area contributed by atoms with E-state index in [1.165, 1.54) is 23.1 Å². The van der Waals surface area contributed by atoms with E-state index in [1.807, 2.05) is 11.4 Å². The van der Waals surface area contributed by atoms with Crippen molar-refractivity contribution < 1.29 is 10.0 Å². The second-order valence-corrected chi connectivity index (χ2v) is 7.23. The smallest absolute Gasteiger partial charge is 0.423 e. The third-order valence-corrected chi connectivity index (χ3v) is 5.82. The molecule has 2 heterocycles. The van der Waals surface area contributed by atoms with E-state index in [-0.39, 0.29) is 0 Å². The van der Waals surface area contributed by atoms with Gasteiger partial charge in [-0.25, -0.2) is 4.98 Å². The van der Waals surface area contributed by atoms with Crippen LogP contribution in [-0.4, -0.2) is 28.4 Å². The topological polar surface area (TPSA) is 103 Å². The Morgan fingerprint density at radius 3 is 2.64 bits per heavy atom. The summed E-state index contributed by atoms with van der Waals surface area (Å²) in [6.45, 7) is 0. The van der Waals surface area contributed by atoms with Crippen LogP contribution in [0.3, 0.4) is 0 Å². The van der Waals surface area contributed by atoms with E-state index in [9.17, 15) is 10.0 Å². The summed E-state index contributed by atoms with van der Waals surface area (Å²) in [5.74, 6) is 0. The van der Waals surface area contributed by atoms with Crippen LogP contribution in [0.4, 0.5) is 5.69 Å². The SMILES string of the molecule is N=Cc1c(N)ccc2nc(-c3sccc3B(O)O)c3c(c12)CCCC3. The highest BCUT2D eigenvalue weighted by atomic mass is 32.1. The van der Waals surface area contributed by atoms with Crippen molar-refractivity contribution in [2.24, 2.45) is 0 Å². The van der Waals surface area contributed by atoms with E-state index in [1.54, 1.807) is 12.1 Å². The highest BCUT2D eigenvalue weighted by Gasteiger charge is 2.26. The average molecular weight is 351 g/mol. The van der Waals surface area contributed by atoms with Crippen molar-refractivity contribution in [3.63, 3.8) is 0 Å². The lowest BCUT2D eigenvalue weighted by atomic mass is 9.78. The largest absolute Gasteiger partial charge is 0.489 e. The summed E-state index contributed by atoms with van der Waals surface area (Å²) in [5.41, 5.74) is 11.9. The Bertz CT molecular complexity index is 984. The van der Waals surface area contributed by atoms with Crippen molar-refractivity contribution in [2.75, 3.05) is 5.73 Å². The first-order chi connectivity index (χ1) is 12.1. The summed E-state index contributed by atoms with van der Waals surface area (Å²) in [6.07, 6.45) is 5.31. The molecule has 3 aromatic rings. The van der Waals surface area contributed by atoms with Crippen molar-refractivity contribution in [1.29, 1.82) is 5.41 Å². The fourth-order valence-electron chi connectivity index (χ4n) is 3.72. The molecule has 1 aliphatic rings. The van der Waals surface area contributed by atoms with Crippen molar-refractivity contribution >= 4 is 46.7 Å². The molecular formula is C18H18BN3O2S. The monoisotopic (exact) mass is 351 g/mol. The molecule has 1 aromatic carbocycles. The second-order valence-electron chi connectivity index (χ2n) is 6.31. The number of nitrogens with zero attached hydrogens (tertiary/aromatic N) is 1. The third kappa shape index (κ3) is 2.55. The number of hydrogen-bond acceptors (Lipinski definition) is 6. The Balaban J connectivity index is 2.09. The molecule has 0 saturated heterocycles. The molecule has 0 spiro atoms. The molecule has 0 saturated carbocycles. The quantitative estimate of drug-likeness (QED) is 0.330. The van der Waals surface area contributed by atoms with Gasteiger partial charge in [0.2, 0.25) is 0 Å². The molecule has 5 nitrogen and oxygen atoms in total. The first-order valence-electron chi connectivity index (χ1n) is 8.30. The Morgan fingerprint density at radius 2 is 1.92 bits per heavy atom. The van der Waals surface area contributed by atoms with Crippen LogP contribution in [0.1, 0.15) is 29.5 Å². The zero-order valence-electron chi connectivity index (χ0n) is 13.6. The van der Waals surface area contributed by atoms with Crippen LogP contribution in [0.25, 0.3) is 21.5 Å². The Labute approximate surface area is 149 Å². The number of hydrogen-bond donors (Lipinski definition) is 4. The van der Waals surface area contributed by atoms with Gasteiger partial charge in [0.15, 0.2) is 0 Å². The molecule has 0 aliphatic heterocycles. The van der Waals surface area contributed by atoms with Crippen molar-refractivity contribution in [2.45, 2.75) is 25.7 Å². The number of nitrogen functional groups attached to an aromatic ring is 1. The average Bonchev–Trinajstić information content (AvgIpc) is 3.11. The van der Waals surface area contributed by atoms with Crippen LogP contribution in [0.15, 0.2) is 23.6 Å². The third-order valence-electron chi connectivity index (χ3n) is 4.88. The summed E-state index contributed by atoms with van der Waals surface area (Å²) in [7, 11) is -1.51. The number of nitrogens with two attached hydrogens (primary N) is 1. The highest BCUT2D eigenvalue weighted by molar-refractivity contribution is 7.15. The first-order valence-corrected chi connectivity index (χ1v) is 9.18. The van der Waals surface area contributed by atoms with Crippen molar-refractivity contribution in [3.05, 3.63) is 40.3 Å². The number of aromatic nitrogens is 1. The maximum atomic E-state index is 9.68. The van der Waals surface area contributed by atoms with Crippen LogP contribution in [0.5, 0.6) is 0 Å². The minimum absolute atomic E-state index is 0.493. The van der Waals surface area contributed by atoms with E-state index in [0.717, 1.165) is 58.3 Å². The van der Waals surface area contributed by atoms with Crippen LogP contribution in [0.2, 0.25) is 0 Å². The van der Waals surface area contributed by atoms with Gasteiger partial charge in [0.05, 0.1) is 16.1 Å². The van der Waals surface area contributed by atoms with E-state index in [4.69, 9.17) is 16.1 Å². The number of nitrogens with one attached hydrogen (secondary N) is 1. The van der Waals surface area contributed by atoms with Gasteiger partial charge in [0.1, 0.15) is 0 Å². The number of rotatable bonds is 3. The molecule has 7 heteroatoms. The van der Waals surface area contributed by atoms with Gasteiger partial charge < -0.3 is 21.2 Å². The van der Waals surface area contributed by atoms with Crippen molar-refractivity contribution in [3.8, 4) is 10.6 Å². The molecule has 126 valence electrons. The summed E-state index contributed by atoms with van der Waals surface area (Å²) >= 11 is 1.47. The second kappa shape index (κ2) is 6.26. The molecule has 0 atom stereocenters. The summed E-state index contributed by atoms with van der Waals surface area (Å²) < 4.78 is 0. The normalized spacial score (nSPS) is 13.7. The van der Waals surface area contributed by atoms with E-state index >= 15 is 0 Å². The molecule has 4 rings (SSSR count). The lowest BCUT2D eigenvalue weighted by molar-refractivity contribution is 0.426. The van der Waals surface area contributed by atoms with Crippen LogP contribution in [0, 0.1) is 5.41 Å². The molecule has 25 heavy (non-hydrogen) atoms. The molecule has 0 radical (unpaired) electrons. The predicted molar refractivity (Wildman–Crippen MR) is 104 cm³/mol. The number of fused-ring (bicyclic) bond motifs is 3. The number of pyridine rings is 1. The van der Waals surface area contributed by atoms with Gasteiger partial charge in [-0.15, -0.1) is 11.3 Å². The fourth-order valence-corrected chi connectivity index (χ4v) is 4.66. The van der Waals surface area contributed by atoms with Crippen molar-refractivity contribution in [1.82, 2.24) is 4.98 Å². The zero-order chi connectivity index (χ0) is 17.6. The maximum Gasteiger partial charge on any atom is 0.489 e. The maximum absolute atomic E-state index is 9.68. The lowest BCUT2D eigenvalue weighted by Gasteiger charge is -2.22. The number of benzene rings is 1. The first kappa shape index (κ1) is 16.3. The van der Waals surface area contributed by atoms with Gasteiger partial charge >= 0.3 is 7.12 Å². The Kier molecular flexibility index (Phi) is 4.07. The Hall–Kier alpha value is -2.22. The molecule has 0 amide bonds. The number of aryl methyl sites for hydroxylation is 1. The fraction of sp³-hybridized carbons (Fsp3) is 0.222. The Morgan fingerprint density at radius 1 is 1.16 bits per heavy atom. The van der Waals surface area contributed by atoms with Gasteiger partial charge in [-0.2, -0.15) is 0 Å². The van der Waals surface area contributed by atoms with E-state index in [2.05, 4.69) is 0 Å². The summed E-state index contributed by atoms with van der Waals surface area (Å²) in [5, 5.41) is 30.0. The molecule has 0 unspecified atom stereocenters. The highest BCUT2D eigenvalue weighted by Crippen LogP contribution is 2.38. The lowest BCUT2D eigenvalue weighted by Crippen LogP contribution is -2.30. The van der Waals surface area contributed by atoms with Crippen LogP contribution < -0.4 is 11.2 Å². The molecule has 1 aliphatic carbocycles. The molecule has 5 N–H and O–H groups in total. The molecule has 2 aromatic heterocycles. The molecule has 0 fully saturated rings. The summed E-state index contributed by atoms with van der Waals surface area (Å²) in [4.78, 5) is 5.66. The van der Waals surface area contributed by atoms with Gasteiger partial charge in [-0.1, -0.05) is 6.07 Å². The summed E-state index contributed by atoms with van der Waals surface area (Å²) in [6, 6.07) is 5.40. The zero-order valence-corrected chi connectivity index (χ0v) is 14.4. The standard InChI is InChI=1S/C18H18BN3O2S/c20-9-12-14(21)5-6-15-16(12)10-3-1-2-4-11(10)17(22-15)18-13(19(23)24)7-8-25-18/h5-9,20,23-24H,1-4,21H2. The van der Waals surface area contributed by atoms with E-state index < -0.39 is 7.12 Å². The van der Waals surface area contributed by atoms with Gasteiger partial charge in [0, 0.05) is 28.3 Å². The predicted octanol–water partition coefficient (Wildman–Crippen LogP) is 2.10. The van der Waals surface area contributed by atoms with Gasteiger partial charge in [-0.05, 0) is 54.3 Å². The van der Waals surface area contributed by atoms with Crippen LogP contribution in [-0.2, 0) is 12.8 Å². The molecular weight excluding hydrogens is 333 g/mol. The van der Waals surface area contributed by atoms with Gasteiger partial charge in [0.25, 0.3) is 0 Å². The minimum Gasteiger partial charge on any atom is -0.423 e. The minimum atomic E-state index is -1.51. The molecule has 0 bridgehead atoms. The van der Waals surface area contributed by atoms with Gasteiger partial charge in [-0.3, -0.25) is 0 Å². The number of thiophene rings is 1.